The van der Waals surface area contributed by atoms with E-state index in [4.69, 9.17) is 9.47 Å². The molecule has 0 unspecified atom stereocenters. The molecule has 0 aliphatic carbocycles. The van der Waals surface area contributed by atoms with Crippen LogP contribution in [0.5, 0.6) is 5.75 Å². The number of fused-ring (bicyclic) bond motifs is 4. The maximum absolute atomic E-state index is 13.2. The molecule has 2 atom stereocenters. The topological polar surface area (TPSA) is 59.1 Å². The largest absolute Gasteiger partial charge is 0.490 e. The Kier molecular flexibility index (Phi) is 6.72. The Morgan fingerprint density at radius 2 is 1.96 bits per heavy atom. The lowest BCUT2D eigenvalue weighted by Crippen LogP contribution is -2.48. The number of nitrogens with zero attached hydrogens (tertiary/aromatic N) is 2. The summed E-state index contributed by atoms with van der Waals surface area (Å²) < 4.78 is 11.1. The summed E-state index contributed by atoms with van der Waals surface area (Å²) in [7, 11) is 0. The van der Waals surface area contributed by atoms with Crippen molar-refractivity contribution < 1.29 is 19.1 Å². The molecule has 4 rings (SSSR count). The maximum atomic E-state index is 13.2. The van der Waals surface area contributed by atoms with Crippen LogP contribution in [-0.2, 0) is 9.53 Å². The van der Waals surface area contributed by atoms with Gasteiger partial charge in [0.25, 0.3) is 5.91 Å². The van der Waals surface area contributed by atoms with Gasteiger partial charge in [-0.05, 0) is 38.3 Å². The Labute approximate surface area is 161 Å². The molecule has 148 valence electrons. The third kappa shape index (κ3) is 4.43. The summed E-state index contributed by atoms with van der Waals surface area (Å²) in [6.07, 6.45) is 2.80. The fraction of sp³-hybridized carbons (Fsp3) is 0.619. The van der Waals surface area contributed by atoms with Gasteiger partial charge in [0, 0.05) is 32.3 Å². The fourth-order valence-corrected chi connectivity index (χ4v) is 4.04. The van der Waals surface area contributed by atoms with E-state index in [1.54, 1.807) is 6.07 Å². The first-order valence-corrected chi connectivity index (χ1v) is 10.0. The molecule has 3 fully saturated rings. The Balaban J connectivity index is 1.74. The van der Waals surface area contributed by atoms with E-state index in [2.05, 4.69) is 6.92 Å². The minimum Gasteiger partial charge on any atom is -0.490 e. The molecule has 0 saturated carbocycles. The molecule has 3 aliphatic rings. The zero-order valence-electron chi connectivity index (χ0n) is 16.4. The second-order valence-electron chi connectivity index (χ2n) is 7.21. The zero-order chi connectivity index (χ0) is 19.2. The lowest BCUT2D eigenvalue weighted by molar-refractivity contribution is -0.139. The highest BCUT2D eigenvalue weighted by molar-refractivity contribution is 5.97. The quantitative estimate of drug-likeness (QED) is 0.656. The van der Waals surface area contributed by atoms with Gasteiger partial charge < -0.3 is 19.3 Å². The maximum Gasteiger partial charge on any atom is 0.257 e. The average molecular weight is 374 g/mol. The summed E-state index contributed by atoms with van der Waals surface area (Å²) in [6.45, 7) is 7.45. The minimum absolute atomic E-state index is 0.0509. The molecule has 2 bridgehead atoms. The van der Waals surface area contributed by atoms with E-state index in [9.17, 15) is 9.59 Å². The molecule has 3 heterocycles. The summed E-state index contributed by atoms with van der Waals surface area (Å²) in [5, 5.41) is 0. The van der Waals surface area contributed by atoms with Gasteiger partial charge in [-0.1, -0.05) is 19.1 Å². The monoisotopic (exact) mass is 374 g/mol. The number of hydrogen-bond acceptors (Lipinski definition) is 4. The molecule has 1 aromatic carbocycles. The van der Waals surface area contributed by atoms with E-state index in [-0.39, 0.29) is 23.8 Å². The van der Waals surface area contributed by atoms with Crippen LogP contribution in [0.25, 0.3) is 0 Å². The number of ether oxygens (including phenoxy) is 2. The number of carbonyl (C=O) groups excluding carboxylic acids is 2. The van der Waals surface area contributed by atoms with Crippen LogP contribution in [0.2, 0.25) is 0 Å². The molecule has 3 aliphatic heterocycles. The highest BCUT2D eigenvalue weighted by Crippen LogP contribution is 2.31. The van der Waals surface area contributed by atoms with Crippen LogP contribution in [-0.4, -0.2) is 67.1 Å². The van der Waals surface area contributed by atoms with Crippen molar-refractivity contribution in [3.8, 4) is 5.75 Å². The predicted octanol–water partition coefficient (Wildman–Crippen LogP) is 2.57. The Morgan fingerprint density at radius 1 is 1.15 bits per heavy atom. The highest BCUT2D eigenvalue weighted by Gasteiger charge is 2.41. The van der Waals surface area contributed by atoms with Gasteiger partial charge >= 0.3 is 0 Å². The van der Waals surface area contributed by atoms with E-state index in [1.807, 2.05) is 34.9 Å². The van der Waals surface area contributed by atoms with Gasteiger partial charge in [0.15, 0.2) is 0 Å². The lowest BCUT2D eigenvalue weighted by atomic mass is 9.94. The Morgan fingerprint density at radius 3 is 2.74 bits per heavy atom. The Bertz CT molecular complexity index is 663. The van der Waals surface area contributed by atoms with Crippen molar-refractivity contribution >= 4 is 11.8 Å². The van der Waals surface area contributed by atoms with Crippen molar-refractivity contribution in [1.82, 2.24) is 9.80 Å². The average Bonchev–Trinajstić information content (AvgIpc) is 2.98. The number of hydrogen-bond donors (Lipinski definition) is 0. The second-order valence-corrected chi connectivity index (χ2v) is 7.21. The normalized spacial score (nSPS) is 22.1. The first kappa shape index (κ1) is 19.7. The zero-order valence-corrected chi connectivity index (χ0v) is 16.4. The highest BCUT2D eigenvalue weighted by atomic mass is 16.5. The number of rotatable bonds is 8. The van der Waals surface area contributed by atoms with Crippen molar-refractivity contribution in [3.63, 3.8) is 0 Å². The van der Waals surface area contributed by atoms with E-state index >= 15 is 0 Å². The summed E-state index contributed by atoms with van der Waals surface area (Å²) in [5.74, 6) is 0.663. The molecule has 1 aromatic rings. The smallest absolute Gasteiger partial charge is 0.257 e. The Hall–Kier alpha value is -2.08. The molecule has 6 heteroatoms. The summed E-state index contributed by atoms with van der Waals surface area (Å²) in [4.78, 5) is 29.8. The molecule has 6 nitrogen and oxygen atoms in total. The summed E-state index contributed by atoms with van der Waals surface area (Å²) in [5.41, 5.74) is 0.560. The molecular formula is C21H30N2O4. The van der Waals surface area contributed by atoms with Crippen molar-refractivity contribution in [2.45, 2.75) is 39.2 Å². The lowest BCUT2D eigenvalue weighted by Gasteiger charge is -2.35. The number of benzene rings is 1. The fourth-order valence-electron chi connectivity index (χ4n) is 4.04. The summed E-state index contributed by atoms with van der Waals surface area (Å²) in [6, 6.07) is 7.47. The first-order chi connectivity index (χ1) is 13.2. The van der Waals surface area contributed by atoms with Crippen LogP contribution >= 0.6 is 0 Å². The van der Waals surface area contributed by atoms with Crippen molar-refractivity contribution in [2.24, 2.45) is 5.92 Å². The van der Waals surface area contributed by atoms with Gasteiger partial charge in [0.05, 0.1) is 18.1 Å². The predicted molar refractivity (Wildman–Crippen MR) is 103 cm³/mol. The van der Waals surface area contributed by atoms with Crippen LogP contribution in [0.1, 0.15) is 43.5 Å². The third-order valence-electron chi connectivity index (χ3n) is 5.35. The van der Waals surface area contributed by atoms with Crippen LogP contribution in [0.4, 0.5) is 0 Å². The third-order valence-corrected chi connectivity index (χ3v) is 5.35. The standard InChI is InChI=1S/C21H30N2O4/c1-3-11-23-17-10-9-16(20(23)24)14-22(15-17)21(25)18-7-5-6-8-19(18)27-13-12-26-4-2/h5-8,16-17H,3-4,9-15H2,1-2H3/t16-,17+/m1/s1. The SMILES string of the molecule is CCCN1C(=O)[C@@H]2CC[C@H]1CN(C(=O)c1ccccc1OCCOCC)C2. The number of amides is 2. The molecule has 0 N–H and O–H groups in total. The van der Waals surface area contributed by atoms with Crippen molar-refractivity contribution in [1.29, 1.82) is 0 Å². The van der Waals surface area contributed by atoms with E-state index in [1.165, 1.54) is 0 Å². The van der Waals surface area contributed by atoms with Crippen molar-refractivity contribution in [2.75, 3.05) is 39.5 Å². The number of carbonyl (C=O) groups is 2. The van der Waals surface area contributed by atoms with Crippen LogP contribution in [0.15, 0.2) is 24.3 Å². The molecule has 3 saturated heterocycles. The second kappa shape index (κ2) is 9.22. The van der Waals surface area contributed by atoms with Gasteiger partial charge in [-0.3, -0.25) is 9.59 Å². The van der Waals surface area contributed by atoms with E-state index in [0.717, 1.165) is 25.8 Å². The van der Waals surface area contributed by atoms with E-state index in [0.29, 0.717) is 44.2 Å². The van der Waals surface area contributed by atoms with Crippen LogP contribution in [0.3, 0.4) is 0 Å². The molecular weight excluding hydrogens is 344 g/mol. The van der Waals surface area contributed by atoms with Crippen molar-refractivity contribution in [3.05, 3.63) is 29.8 Å². The molecule has 0 spiro atoms. The minimum atomic E-state index is -0.0784. The number of para-hydroxylation sites is 1. The van der Waals surface area contributed by atoms with E-state index < -0.39 is 0 Å². The first-order valence-electron chi connectivity index (χ1n) is 10.0. The van der Waals surface area contributed by atoms with Crippen LogP contribution in [0, 0.1) is 5.92 Å². The summed E-state index contributed by atoms with van der Waals surface area (Å²) >= 11 is 0. The molecule has 2 amide bonds. The van der Waals surface area contributed by atoms with Gasteiger partial charge in [-0.2, -0.15) is 0 Å². The van der Waals surface area contributed by atoms with Gasteiger partial charge in [-0.25, -0.2) is 0 Å². The van der Waals surface area contributed by atoms with Crippen LogP contribution < -0.4 is 4.74 Å². The van der Waals surface area contributed by atoms with Gasteiger partial charge in [0.1, 0.15) is 12.4 Å². The number of piperidine rings is 1. The molecule has 0 aromatic heterocycles. The van der Waals surface area contributed by atoms with Gasteiger partial charge in [0.2, 0.25) is 5.91 Å². The molecule has 0 radical (unpaired) electrons. The van der Waals surface area contributed by atoms with Gasteiger partial charge in [-0.15, -0.1) is 0 Å². The molecule has 27 heavy (non-hydrogen) atoms.